The van der Waals surface area contributed by atoms with Crippen molar-refractivity contribution in [2.24, 2.45) is 10.7 Å². The smallest absolute Gasteiger partial charge is 0.370 e. The third-order valence-electron chi connectivity index (χ3n) is 2.33. The molecule has 0 radical (unpaired) electrons. The van der Waals surface area contributed by atoms with E-state index in [1.165, 1.54) is 18.2 Å². The Kier molecular flexibility index (Phi) is 5.52. The maximum atomic E-state index is 12.8. The lowest BCUT2D eigenvalue weighted by molar-refractivity contribution is -0.137. The van der Waals surface area contributed by atoms with Crippen molar-refractivity contribution < 1.29 is 18.0 Å². The zero-order valence-corrected chi connectivity index (χ0v) is 11.6. The lowest BCUT2D eigenvalue weighted by Gasteiger charge is -2.09. The minimum Gasteiger partial charge on any atom is -0.370 e. The molecular formula is C14H16F3N3O. The van der Waals surface area contributed by atoms with Gasteiger partial charge in [-0.25, -0.2) is 0 Å². The maximum absolute atomic E-state index is 12.8. The van der Waals surface area contributed by atoms with Gasteiger partial charge in [-0.2, -0.15) is 13.2 Å². The van der Waals surface area contributed by atoms with Crippen LogP contribution in [-0.4, -0.2) is 17.9 Å². The predicted octanol–water partition coefficient (Wildman–Crippen LogP) is 2.56. The molecule has 1 aromatic carbocycles. The molecule has 0 heterocycles. The average Bonchev–Trinajstić information content (AvgIpc) is 2.34. The number of alkyl halides is 3. The summed E-state index contributed by atoms with van der Waals surface area (Å²) >= 11 is 0. The quantitative estimate of drug-likeness (QED) is 0.512. The normalized spacial score (nSPS) is 13.0. The second-order valence-electron chi connectivity index (χ2n) is 4.52. The number of aliphatic imine (C=N–C) groups is 1. The van der Waals surface area contributed by atoms with Gasteiger partial charge >= 0.3 is 6.18 Å². The van der Waals surface area contributed by atoms with Crippen LogP contribution in [0.4, 0.5) is 13.2 Å². The molecule has 0 spiro atoms. The van der Waals surface area contributed by atoms with Crippen molar-refractivity contribution in [1.82, 2.24) is 5.32 Å². The molecule has 3 N–H and O–H groups in total. The molecule has 1 rings (SSSR count). The number of carbonyl (C=O) groups excluding carboxylic acids is 1. The molecule has 0 fully saturated rings. The van der Waals surface area contributed by atoms with E-state index >= 15 is 0 Å². The number of rotatable bonds is 3. The van der Waals surface area contributed by atoms with Crippen LogP contribution < -0.4 is 11.1 Å². The lowest BCUT2D eigenvalue weighted by Crippen LogP contribution is -2.36. The predicted molar refractivity (Wildman–Crippen MR) is 75.4 cm³/mol. The molecule has 114 valence electrons. The highest BCUT2D eigenvalue weighted by Crippen LogP contribution is 2.32. The fourth-order valence-electron chi connectivity index (χ4n) is 1.54. The number of amides is 1. The number of nitrogens with one attached hydrogen (secondary N) is 1. The van der Waals surface area contributed by atoms with Gasteiger partial charge in [0.2, 0.25) is 0 Å². The van der Waals surface area contributed by atoms with E-state index in [-0.39, 0.29) is 17.6 Å². The minimum atomic E-state index is -4.48. The molecule has 1 amide bonds. The van der Waals surface area contributed by atoms with Gasteiger partial charge in [0.1, 0.15) is 0 Å². The van der Waals surface area contributed by atoms with Gasteiger partial charge in [0, 0.05) is 12.1 Å². The summed E-state index contributed by atoms with van der Waals surface area (Å²) in [6.45, 7) is 3.54. The first-order chi connectivity index (χ1) is 9.70. The number of nitrogens with two attached hydrogens (primary N) is 1. The molecule has 0 aliphatic carbocycles. The summed E-state index contributed by atoms with van der Waals surface area (Å²) in [6, 6.07) is 4.87. The van der Waals surface area contributed by atoms with Crippen molar-refractivity contribution in [3.8, 4) is 0 Å². The maximum Gasteiger partial charge on any atom is 0.416 e. The Morgan fingerprint density at radius 1 is 1.33 bits per heavy atom. The summed E-state index contributed by atoms with van der Waals surface area (Å²) < 4.78 is 38.3. The molecule has 0 aliphatic heterocycles. The fourth-order valence-corrected chi connectivity index (χ4v) is 1.54. The van der Waals surface area contributed by atoms with Crippen LogP contribution in [-0.2, 0) is 11.0 Å². The van der Waals surface area contributed by atoms with E-state index in [4.69, 9.17) is 5.73 Å². The Morgan fingerprint density at radius 3 is 2.52 bits per heavy atom. The van der Waals surface area contributed by atoms with E-state index in [0.29, 0.717) is 0 Å². The molecular weight excluding hydrogens is 283 g/mol. The van der Waals surface area contributed by atoms with Gasteiger partial charge in [-0.1, -0.05) is 18.2 Å². The average molecular weight is 299 g/mol. The van der Waals surface area contributed by atoms with Crippen molar-refractivity contribution in [2.45, 2.75) is 26.1 Å². The molecule has 7 heteroatoms. The van der Waals surface area contributed by atoms with Gasteiger partial charge in [0.25, 0.3) is 5.91 Å². The zero-order valence-electron chi connectivity index (χ0n) is 11.6. The van der Waals surface area contributed by atoms with Crippen LogP contribution in [0.2, 0.25) is 0 Å². The first-order valence-electron chi connectivity index (χ1n) is 6.18. The molecule has 0 aliphatic rings. The van der Waals surface area contributed by atoms with Crippen LogP contribution in [0.25, 0.3) is 6.08 Å². The van der Waals surface area contributed by atoms with Crippen LogP contribution in [0.5, 0.6) is 0 Å². The summed E-state index contributed by atoms with van der Waals surface area (Å²) in [5.41, 5.74) is 4.54. The van der Waals surface area contributed by atoms with Gasteiger partial charge < -0.3 is 5.73 Å². The van der Waals surface area contributed by atoms with Crippen LogP contribution in [0, 0.1) is 0 Å². The highest BCUT2D eigenvalue weighted by molar-refractivity contribution is 6.03. The number of halogens is 3. The van der Waals surface area contributed by atoms with Crippen LogP contribution in [0.1, 0.15) is 25.0 Å². The molecule has 0 bridgehead atoms. The van der Waals surface area contributed by atoms with E-state index < -0.39 is 17.6 Å². The lowest BCUT2D eigenvalue weighted by atomic mass is 10.1. The molecule has 0 aromatic heterocycles. The standard InChI is InChI=1S/C14H16F3N3O/c1-9(2)19-13(18)20-12(21)8-7-10-5-3-4-6-11(10)14(15,16)17/h3-9H,1-2H3,(H3,18,19,20,21)/b8-7+. The third kappa shape index (κ3) is 5.68. The SMILES string of the molecule is CC(C)N=C(N)NC(=O)/C=C/c1ccccc1C(F)(F)F. The molecule has 4 nitrogen and oxygen atoms in total. The van der Waals surface area contributed by atoms with Gasteiger partial charge in [-0.15, -0.1) is 0 Å². The fraction of sp³-hybridized carbons (Fsp3) is 0.286. The summed E-state index contributed by atoms with van der Waals surface area (Å²) in [6.07, 6.45) is -2.41. The number of nitrogens with zero attached hydrogens (tertiary/aromatic N) is 1. The molecule has 0 unspecified atom stereocenters. The zero-order chi connectivity index (χ0) is 16.0. The monoisotopic (exact) mass is 299 g/mol. The molecule has 0 saturated carbocycles. The van der Waals surface area contributed by atoms with Crippen LogP contribution in [0.3, 0.4) is 0 Å². The molecule has 0 atom stereocenters. The Balaban J connectivity index is 2.85. The van der Waals surface area contributed by atoms with Gasteiger partial charge in [0.15, 0.2) is 5.96 Å². The minimum absolute atomic E-state index is 0.0799. The molecule has 21 heavy (non-hydrogen) atoms. The Bertz CT molecular complexity index is 563. The number of guanidine groups is 1. The summed E-state index contributed by atoms with van der Waals surface area (Å²) in [4.78, 5) is 15.4. The van der Waals surface area contributed by atoms with Crippen LogP contribution >= 0.6 is 0 Å². The third-order valence-corrected chi connectivity index (χ3v) is 2.33. The summed E-state index contributed by atoms with van der Waals surface area (Å²) in [5.74, 6) is -0.724. The highest BCUT2D eigenvalue weighted by atomic mass is 19.4. The summed E-state index contributed by atoms with van der Waals surface area (Å²) in [5, 5.41) is 2.26. The number of hydrogen-bond donors (Lipinski definition) is 2. The molecule has 0 saturated heterocycles. The first-order valence-corrected chi connectivity index (χ1v) is 6.18. The Morgan fingerprint density at radius 2 is 1.95 bits per heavy atom. The largest absolute Gasteiger partial charge is 0.416 e. The van der Waals surface area contributed by atoms with Crippen molar-refractivity contribution in [3.05, 3.63) is 41.5 Å². The van der Waals surface area contributed by atoms with E-state index in [1.54, 1.807) is 13.8 Å². The Labute approximate surface area is 120 Å². The van der Waals surface area contributed by atoms with Crippen molar-refractivity contribution in [2.75, 3.05) is 0 Å². The number of benzene rings is 1. The summed E-state index contributed by atoms with van der Waals surface area (Å²) in [7, 11) is 0. The topological polar surface area (TPSA) is 67.5 Å². The van der Waals surface area contributed by atoms with E-state index in [0.717, 1.165) is 18.2 Å². The Hall–Kier alpha value is -2.31. The second-order valence-corrected chi connectivity index (χ2v) is 4.52. The van der Waals surface area contributed by atoms with Gasteiger partial charge in [-0.3, -0.25) is 15.1 Å². The van der Waals surface area contributed by atoms with Crippen LogP contribution in [0.15, 0.2) is 35.3 Å². The van der Waals surface area contributed by atoms with Crippen molar-refractivity contribution in [3.63, 3.8) is 0 Å². The number of hydrogen-bond acceptors (Lipinski definition) is 2. The first kappa shape index (κ1) is 16.7. The highest BCUT2D eigenvalue weighted by Gasteiger charge is 2.32. The van der Waals surface area contributed by atoms with E-state index in [1.807, 2.05) is 0 Å². The van der Waals surface area contributed by atoms with Gasteiger partial charge in [0.05, 0.1) is 5.56 Å². The van der Waals surface area contributed by atoms with Gasteiger partial charge in [-0.05, 0) is 31.6 Å². The van der Waals surface area contributed by atoms with Crippen molar-refractivity contribution in [1.29, 1.82) is 0 Å². The molecule has 1 aromatic rings. The van der Waals surface area contributed by atoms with E-state index in [2.05, 4.69) is 10.3 Å². The van der Waals surface area contributed by atoms with Crippen molar-refractivity contribution >= 4 is 17.9 Å². The number of carbonyl (C=O) groups is 1. The van der Waals surface area contributed by atoms with E-state index in [9.17, 15) is 18.0 Å². The second kappa shape index (κ2) is 6.92.